The molecule has 0 aliphatic carbocycles. The summed E-state index contributed by atoms with van der Waals surface area (Å²) in [6.45, 7) is 3.98. The zero-order chi connectivity index (χ0) is 14.8. The fourth-order valence-electron chi connectivity index (χ4n) is 3.47. The molecule has 0 atom stereocenters. The van der Waals surface area contributed by atoms with Crippen LogP contribution < -0.4 is 0 Å². The molecule has 0 radical (unpaired) electrons. The summed E-state index contributed by atoms with van der Waals surface area (Å²) in [6.07, 6.45) is 0. The lowest BCUT2D eigenvalue weighted by molar-refractivity contribution is 0.581. The van der Waals surface area contributed by atoms with Gasteiger partial charge in [0.1, 0.15) is 22.7 Å². The zero-order valence-electron chi connectivity index (χ0n) is 12.4. The van der Waals surface area contributed by atoms with Crippen LogP contribution in [0.4, 0.5) is 0 Å². The highest BCUT2D eigenvalue weighted by Crippen LogP contribution is 2.36. The number of fused-ring (bicyclic) bond motifs is 7. The lowest BCUT2D eigenvalue weighted by Gasteiger charge is -2.05. The van der Waals surface area contributed by atoms with Gasteiger partial charge < -0.3 is 8.83 Å². The second kappa shape index (κ2) is 3.92. The molecule has 2 heteroatoms. The van der Waals surface area contributed by atoms with Crippen LogP contribution in [0.5, 0.6) is 0 Å². The van der Waals surface area contributed by atoms with Gasteiger partial charge in [-0.1, -0.05) is 24.3 Å². The Morgan fingerprint density at radius 1 is 0.545 bits per heavy atom. The maximum Gasteiger partial charge on any atom is 0.142 e. The third kappa shape index (κ3) is 1.44. The van der Waals surface area contributed by atoms with E-state index in [1.165, 1.54) is 10.8 Å². The summed E-state index contributed by atoms with van der Waals surface area (Å²) in [4.78, 5) is 0. The summed E-state index contributed by atoms with van der Waals surface area (Å²) in [7, 11) is 0. The molecule has 2 nitrogen and oxygen atoms in total. The average Bonchev–Trinajstić information content (AvgIpc) is 3.07. The molecule has 2 aromatic heterocycles. The van der Waals surface area contributed by atoms with Crippen LogP contribution in [-0.2, 0) is 0 Å². The first-order valence-corrected chi connectivity index (χ1v) is 7.45. The van der Waals surface area contributed by atoms with E-state index in [1.807, 2.05) is 13.8 Å². The molecule has 5 aromatic rings. The third-order valence-electron chi connectivity index (χ3n) is 4.40. The van der Waals surface area contributed by atoms with Gasteiger partial charge in [-0.25, -0.2) is 0 Å². The number of hydrogen-bond acceptors (Lipinski definition) is 2. The van der Waals surface area contributed by atoms with Gasteiger partial charge in [0.2, 0.25) is 0 Å². The van der Waals surface area contributed by atoms with Gasteiger partial charge in [0.05, 0.1) is 0 Å². The molecule has 22 heavy (non-hydrogen) atoms. The summed E-state index contributed by atoms with van der Waals surface area (Å²) in [6, 6.07) is 17.1. The van der Waals surface area contributed by atoms with Crippen molar-refractivity contribution in [2.75, 3.05) is 0 Å². The average molecular weight is 286 g/mol. The minimum absolute atomic E-state index is 0.944. The highest BCUT2D eigenvalue weighted by atomic mass is 16.3. The van der Waals surface area contributed by atoms with E-state index in [-0.39, 0.29) is 0 Å². The van der Waals surface area contributed by atoms with Gasteiger partial charge in [-0.15, -0.1) is 0 Å². The van der Waals surface area contributed by atoms with Gasteiger partial charge in [0.25, 0.3) is 0 Å². The fourth-order valence-corrected chi connectivity index (χ4v) is 3.47. The maximum absolute atomic E-state index is 5.90. The number of aryl methyl sites for hydroxylation is 2. The fraction of sp³-hybridized carbons (Fsp3) is 0.100. The van der Waals surface area contributed by atoms with Crippen molar-refractivity contribution in [3.05, 3.63) is 60.1 Å². The number of rotatable bonds is 0. The SMILES string of the molecule is Cc1cc2ccc3c4ccc5cc(C)oc5c4ccc3c2o1. The molecule has 0 N–H and O–H groups in total. The first-order chi connectivity index (χ1) is 10.7. The van der Waals surface area contributed by atoms with Crippen LogP contribution in [0.25, 0.3) is 43.5 Å². The highest BCUT2D eigenvalue weighted by molar-refractivity contribution is 6.20. The molecule has 3 aromatic carbocycles. The first-order valence-electron chi connectivity index (χ1n) is 7.45. The minimum Gasteiger partial charge on any atom is -0.461 e. The monoisotopic (exact) mass is 286 g/mol. The third-order valence-corrected chi connectivity index (χ3v) is 4.40. The van der Waals surface area contributed by atoms with E-state index in [2.05, 4.69) is 48.5 Å². The van der Waals surface area contributed by atoms with Crippen molar-refractivity contribution in [3.63, 3.8) is 0 Å². The Morgan fingerprint density at radius 2 is 0.955 bits per heavy atom. The van der Waals surface area contributed by atoms with Crippen LogP contribution in [-0.4, -0.2) is 0 Å². The molecular weight excluding hydrogens is 272 g/mol. The molecule has 0 spiro atoms. The van der Waals surface area contributed by atoms with Gasteiger partial charge in [0, 0.05) is 21.5 Å². The van der Waals surface area contributed by atoms with Crippen molar-refractivity contribution in [3.8, 4) is 0 Å². The summed E-state index contributed by atoms with van der Waals surface area (Å²) >= 11 is 0. The summed E-state index contributed by atoms with van der Waals surface area (Å²) in [5, 5.41) is 7.02. The quantitative estimate of drug-likeness (QED) is 0.321. The second-order valence-corrected chi connectivity index (χ2v) is 5.94. The molecule has 5 rings (SSSR count). The van der Waals surface area contributed by atoms with Crippen molar-refractivity contribution in [2.45, 2.75) is 13.8 Å². The Kier molecular flexibility index (Phi) is 2.11. The van der Waals surface area contributed by atoms with Crippen LogP contribution in [0, 0.1) is 13.8 Å². The highest BCUT2D eigenvalue weighted by Gasteiger charge is 2.11. The molecule has 0 saturated carbocycles. The number of hydrogen-bond donors (Lipinski definition) is 0. The predicted octanol–water partition coefficient (Wildman–Crippen LogP) is 6.10. The molecule has 0 saturated heterocycles. The Labute approximate surface area is 126 Å². The lowest BCUT2D eigenvalue weighted by Crippen LogP contribution is -1.79. The Hall–Kier alpha value is -2.74. The predicted molar refractivity (Wildman–Crippen MR) is 90.5 cm³/mol. The van der Waals surface area contributed by atoms with E-state index in [4.69, 9.17) is 8.83 Å². The first kappa shape index (κ1) is 11.9. The summed E-state index contributed by atoms with van der Waals surface area (Å²) in [5.41, 5.74) is 1.93. The smallest absolute Gasteiger partial charge is 0.142 e. The van der Waals surface area contributed by atoms with Crippen molar-refractivity contribution in [2.24, 2.45) is 0 Å². The number of furan rings is 2. The van der Waals surface area contributed by atoms with Crippen LogP contribution in [0.1, 0.15) is 11.5 Å². The molecule has 0 amide bonds. The molecule has 0 fully saturated rings. The van der Waals surface area contributed by atoms with Gasteiger partial charge in [-0.3, -0.25) is 0 Å². The van der Waals surface area contributed by atoms with Crippen molar-refractivity contribution in [1.82, 2.24) is 0 Å². The standard InChI is InChI=1S/C20H14O2/c1-11-9-13-3-5-15-16-6-4-14-10-12(2)22-20(14)18(16)8-7-17(15)19(13)21-11/h3-10H,1-2H3. The van der Waals surface area contributed by atoms with E-state index in [0.29, 0.717) is 0 Å². The lowest BCUT2D eigenvalue weighted by atomic mass is 9.99. The van der Waals surface area contributed by atoms with E-state index in [9.17, 15) is 0 Å². The van der Waals surface area contributed by atoms with Crippen LogP contribution >= 0.6 is 0 Å². The largest absolute Gasteiger partial charge is 0.461 e. The molecule has 2 heterocycles. The Morgan fingerprint density at radius 3 is 1.41 bits per heavy atom. The van der Waals surface area contributed by atoms with Gasteiger partial charge in [0.15, 0.2) is 0 Å². The molecule has 0 aliphatic rings. The normalized spacial score (nSPS) is 12.1. The number of benzene rings is 3. The second-order valence-electron chi connectivity index (χ2n) is 5.94. The molecule has 0 aliphatic heterocycles. The van der Waals surface area contributed by atoms with Gasteiger partial charge >= 0.3 is 0 Å². The van der Waals surface area contributed by atoms with E-state index in [0.717, 1.165) is 44.2 Å². The van der Waals surface area contributed by atoms with Crippen molar-refractivity contribution in [1.29, 1.82) is 0 Å². The van der Waals surface area contributed by atoms with Crippen LogP contribution in [0.2, 0.25) is 0 Å². The summed E-state index contributed by atoms with van der Waals surface area (Å²) < 4.78 is 11.8. The van der Waals surface area contributed by atoms with Crippen LogP contribution in [0.15, 0.2) is 57.4 Å². The zero-order valence-corrected chi connectivity index (χ0v) is 12.4. The Balaban J connectivity index is 2.03. The van der Waals surface area contributed by atoms with E-state index in [1.54, 1.807) is 0 Å². The maximum atomic E-state index is 5.90. The van der Waals surface area contributed by atoms with Crippen molar-refractivity contribution < 1.29 is 8.83 Å². The molecule has 0 bridgehead atoms. The summed E-state index contributed by atoms with van der Waals surface area (Å²) in [5.74, 6) is 1.89. The van der Waals surface area contributed by atoms with Crippen LogP contribution in [0.3, 0.4) is 0 Å². The molecular formula is C20H14O2. The van der Waals surface area contributed by atoms with Gasteiger partial charge in [-0.2, -0.15) is 0 Å². The molecule has 0 unspecified atom stereocenters. The topological polar surface area (TPSA) is 26.3 Å². The van der Waals surface area contributed by atoms with Crippen molar-refractivity contribution >= 4 is 43.5 Å². The van der Waals surface area contributed by atoms with E-state index < -0.39 is 0 Å². The van der Waals surface area contributed by atoms with E-state index >= 15 is 0 Å². The Bertz CT molecular complexity index is 1090. The van der Waals surface area contributed by atoms with Gasteiger partial charge in [-0.05, 0) is 48.9 Å². The minimum atomic E-state index is 0.944. The molecule has 106 valence electrons.